The molecule has 4 nitrogen and oxygen atoms in total. The number of fused-ring (bicyclic) bond motifs is 1. The van der Waals surface area contributed by atoms with Crippen molar-refractivity contribution in [3.05, 3.63) is 59.4 Å². The molecule has 0 fully saturated rings. The molecule has 1 aliphatic rings. The van der Waals surface area contributed by atoms with E-state index in [0.717, 1.165) is 0 Å². The first-order valence-electron chi connectivity index (χ1n) is 8.74. The average Bonchev–Trinajstić information content (AvgIpc) is 2.64. The van der Waals surface area contributed by atoms with E-state index in [1.165, 1.54) is 17.0 Å². The van der Waals surface area contributed by atoms with Crippen molar-refractivity contribution in [2.75, 3.05) is 7.05 Å². The molecule has 1 aliphatic carbocycles. The molecule has 2 aromatic carbocycles. The van der Waals surface area contributed by atoms with E-state index in [9.17, 15) is 19.2 Å². The number of rotatable bonds is 2. The third kappa shape index (κ3) is 3.02. The van der Waals surface area contributed by atoms with Crippen molar-refractivity contribution in [3.8, 4) is 6.07 Å². The van der Waals surface area contributed by atoms with Gasteiger partial charge in [-0.05, 0) is 36.9 Å². The highest BCUT2D eigenvalue weighted by molar-refractivity contribution is 6.08. The predicted molar refractivity (Wildman–Crippen MR) is 102 cm³/mol. The van der Waals surface area contributed by atoms with Crippen LogP contribution in [0.15, 0.2) is 48.0 Å². The Morgan fingerprint density at radius 1 is 1.15 bits per heavy atom. The Hall–Kier alpha value is -3.00. The van der Waals surface area contributed by atoms with Gasteiger partial charge in [0.25, 0.3) is 5.91 Å². The standard InChI is InChI=1S/C22H21FN2O2/c1-21(2)13-22(3,11-14(12-24)19(21)26)25(4)20(27)17-9-10-18(23)16-8-6-5-7-15(16)17/h5-11H,13H2,1-4H3/t22-/m1/s1. The number of allylic oxidation sites excluding steroid dienone is 1. The Morgan fingerprint density at radius 3 is 2.41 bits per heavy atom. The van der Waals surface area contributed by atoms with Crippen LogP contribution >= 0.6 is 0 Å². The molecule has 5 heteroatoms. The number of nitrogens with zero attached hydrogens (tertiary/aromatic N) is 2. The highest BCUT2D eigenvalue weighted by Crippen LogP contribution is 2.40. The van der Waals surface area contributed by atoms with Gasteiger partial charge in [-0.2, -0.15) is 5.26 Å². The largest absolute Gasteiger partial charge is 0.333 e. The van der Waals surface area contributed by atoms with Crippen molar-refractivity contribution >= 4 is 22.5 Å². The Balaban J connectivity index is 2.09. The van der Waals surface area contributed by atoms with Gasteiger partial charge in [0.1, 0.15) is 11.9 Å². The predicted octanol–water partition coefficient (Wildman–Crippen LogP) is 4.26. The summed E-state index contributed by atoms with van der Waals surface area (Å²) in [7, 11) is 1.65. The molecule has 0 spiro atoms. The van der Waals surface area contributed by atoms with Crippen LogP contribution in [0, 0.1) is 22.6 Å². The molecule has 3 rings (SSSR count). The summed E-state index contributed by atoms with van der Waals surface area (Å²) in [4.78, 5) is 27.2. The van der Waals surface area contributed by atoms with Gasteiger partial charge >= 0.3 is 0 Å². The van der Waals surface area contributed by atoms with Crippen LogP contribution in [0.25, 0.3) is 10.8 Å². The first-order valence-corrected chi connectivity index (χ1v) is 8.74. The van der Waals surface area contributed by atoms with Gasteiger partial charge in [0.15, 0.2) is 5.78 Å². The van der Waals surface area contributed by atoms with Gasteiger partial charge in [0.05, 0.1) is 11.1 Å². The van der Waals surface area contributed by atoms with Crippen LogP contribution < -0.4 is 0 Å². The van der Waals surface area contributed by atoms with Crippen LogP contribution in [0.4, 0.5) is 4.39 Å². The Kier molecular flexibility index (Phi) is 4.39. The molecule has 0 aliphatic heterocycles. The summed E-state index contributed by atoms with van der Waals surface area (Å²) in [6.45, 7) is 5.40. The number of likely N-dealkylation sites (N-methyl/N-ethyl adjacent to an activating group) is 1. The van der Waals surface area contributed by atoms with E-state index in [-0.39, 0.29) is 23.1 Å². The smallest absolute Gasteiger partial charge is 0.254 e. The number of hydrogen-bond acceptors (Lipinski definition) is 3. The lowest BCUT2D eigenvalue weighted by molar-refractivity contribution is -0.125. The van der Waals surface area contributed by atoms with Crippen LogP contribution in [0.3, 0.4) is 0 Å². The van der Waals surface area contributed by atoms with Gasteiger partial charge in [-0.3, -0.25) is 9.59 Å². The van der Waals surface area contributed by atoms with Gasteiger partial charge in [-0.15, -0.1) is 0 Å². The second kappa shape index (κ2) is 6.31. The van der Waals surface area contributed by atoms with Crippen molar-refractivity contribution < 1.29 is 14.0 Å². The van der Waals surface area contributed by atoms with E-state index in [1.807, 2.05) is 13.0 Å². The number of amides is 1. The summed E-state index contributed by atoms with van der Waals surface area (Å²) in [6, 6.07) is 11.6. The van der Waals surface area contributed by atoms with E-state index < -0.39 is 11.0 Å². The summed E-state index contributed by atoms with van der Waals surface area (Å²) in [5.41, 5.74) is -1.11. The fraction of sp³-hybridized carbons (Fsp3) is 0.318. The Bertz CT molecular complexity index is 1030. The first-order chi connectivity index (χ1) is 12.6. The molecule has 0 bridgehead atoms. The van der Waals surface area contributed by atoms with Crippen LogP contribution in [-0.4, -0.2) is 29.2 Å². The normalized spacial score (nSPS) is 21.5. The zero-order chi connectivity index (χ0) is 20.0. The molecule has 2 aromatic rings. The Labute approximate surface area is 157 Å². The molecule has 138 valence electrons. The molecule has 1 amide bonds. The lowest BCUT2D eigenvalue weighted by Crippen LogP contribution is -2.52. The zero-order valence-electron chi connectivity index (χ0n) is 15.8. The molecule has 0 unspecified atom stereocenters. The third-order valence-corrected chi connectivity index (χ3v) is 5.41. The monoisotopic (exact) mass is 364 g/mol. The molecule has 0 N–H and O–H groups in total. The van der Waals surface area contributed by atoms with Crippen molar-refractivity contribution in [2.45, 2.75) is 32.7 Å². The van der Waals surface area contributed by atoms with E-state index in [1.54, 1.807) is 51.2 Å². The molecule has 0 heterocycles. The van der Waals surface area contributed by atoms with Gasteiger partial charge in [0.2, 0.25) is 0 Å². The summed E-state index contributed by atoms with van der Waals surface area (Å²) < 4.78 is 14.1. The van der Waals surface area contributed by atoms with Crippen molar-refractivity contribution in [3.63, 3.8) is 0 Å². The molecule has 0 saturated carbocycles. The molecule has 1 atom stereocenters. The lowest BCUT2D eigenvalue weighted by atomic mass is 9.68. The summed E-state index contributed by atoms with van der Waals surface area (Å²) in [5.74, 6) is -0.880. The van der Waals surface area contributed by atoms with Gasteiger partial charge < -0.3 is 4.90 Å². The number of benzene rings is 2. The van der Waals surface area contributed by atoms with E-state index in [0.29, 0.717) is 22.8 Å². The number of carbonyl (C=O) groups excluding carboxylic acids is 2. The molecule has 27 heavy (non-hydrogen) atoms. The van der Waals surface area contributed by atoms with Crippen LogP contribution in [0.2, 0.25) is 0 Å². The summed E-state index contributed by atoms with van der Waals surface area (Å²) in [6.07, 6.45) is 1.97. The maximum absolute atomic E-state index is 14.1. The molecule has 0 aromatic heterocycles. The SMILES string of the molecule is CN(C(=O)c1ccc(F)c2ccccc12)[C@]1(C)C=C(C#N)C(=O)C(C)(C)C1. The molecule has 0 saturated heterocycles. The number of nitriles is 1. The maximum Gasteiger partial charge on any atom is 0.254 e. The third-order valence-electron chi connectivity index (χ3n) is 5.41. The molecule has 0 radical (unpaired) electrons. The van der Waals surface area contributed by atoms with Crippen LogP contribution in [0.1, 0.15) is 37.6 Å². The number of halogens is 1. The topological polar surface area (TPSA) is 61.2 Å². The number of ketones is 1. The Morgan fingerprint density at radius 2 is 1.78 bits per heavy atom. The van der Waals surface area contributed by atoms with E-state index in [4.69, 9.17) is 0 Å². The van der Waals surface area contributed by atoms with Crippen LogP contribution in [0.5, 0.6) is 0 Å². The quantitative estimate of drug-likeness (QED) is 0.800. The number of hydrogen-bond donors (Lipinski definition) is 0. The van der Waals surface area contributed by atoms with Gasteiger partial charge in [-0.25, -0.2) is 4.39 Å². The second-order valence-electron chi connectivity index (χ2n) is 7.92. The highest BCUT2D eigenvalue weighted by atomic mass is 19.1. The highest BCUT2D eigenvalue weighted by Gasteiger charge is 2.46. The number of carbonyl (C=O) groups is 2. The van der Waals surface area contributed by atoms with Crippen molar-refractivity contribution in [1.82, 2.24) is 4.90 Å². The molecular formula is C22H21FN2O2. The summed E-state index contributed by atoms with van der Waals surface area (Å²) >= 11 is 0. The average molecular weight is 364 g/mol. The minimum atomic E-state index is -0.810. The van der Waals surface area contributed by atoms with Crippen molar-refractivity contribution in [1.29, 1.82) is 5.26 Å². The summed E-state index contributed by atoms with van der Waals surface area (Å²) in [5, 5.41) is 10.3. The van der Waals surface area contributed by atoms with Gasteiger partial charge in [0, 0.05) is 23.4 Å². The molecular weight excluding hydrogens is 343 g/mol. The van der Waals surface area contributed by atoms with Gasteiger partial charge in [-0.1, -0.05) is 38.1 Å². The van der Waals surface area contributed by atoms with E-state index in [2.05, 4.69) is 0 Å². The second-order valence-corrected chi connectivity index (χ2v) is 7.92. The lowest BCUT2D eigenvalue weighted by Gasteiger charge is -2.44. The van der Waals surface area contributed by atoms with Crippen LogP contribution in [-0.2, 0) is 4.79 Å². The number of Topliss-reactive ketones (excluding diaryl/α,β-unsaturated/α-hetero) is 1. The minimum Gasteiger partial charge on any atom is -0.333 e. The van der Waals surface area contributed by atoms with E-state index >= 15 is 0 Å². The zero-order valence-corrected chi connectivity index (χ0v) is 15.8. The fourth-order valence-corrected chi connectivity index (χ4v) is 3.93. The fourth-order valence-electron chi connectivity index (χ4n) is 3.93. The van der Waals surface area contributed by atoms with Crippen molar-refractivity contribution in [2.24, 2.45) is 5.41 Å². The minimum absolute atomic E-state index is 0.0670. The first kappa shape index (κ1) is 18.8. The maximum atomic E-state index is 14.1.